The van der Waals surface area contributed by atoms with Crippen LogP contribution in [0.25, 0.3) is 11.4 Å². The molecule has 0 atom stereocenters. The summed E-state index contributed by atoms with van der Waals surface area (Å²) in [5, 5.41) is 14.8. The zero-order chi connectivity index (χ0) is 17.4. The van der Waals surface area contributed by atoms with Gasteiger partial charge >= 0.3 is 0 Å². The molecule has 1 aliphatic heterocycles. The van der Waals surface area contributed by atoms with Crippen molar-refractivity contribution in [2.24, 2.45) is 5.10 Å². The standard InChI is InChI=1S/C17H12Cl2N4OS/c1-24-11-5-2-4-10(8-11)14-9-25-17-21-20-16(23(17)22-14)12-6-3-7-13(18)15(12)19/h2-8H,9H2,1H3. The van der Waals surface area contributed by atoms with Crippen LogP contribution < -0.4 is 4.74 Å². The van der Waals surface area contributed by atoms with Crippen molar-refractivity contribution in [3.63, 3.8) is 0 Å². The van der Waals surface area contributed by atoms with Crippen molar-refractivity contribution < 1.29 is 4.74 Å². The van der Waals surface area contributed by atoms with Gasteiger partial charge in [0.1, 0.15) is 5.75 Å². The van der Waals surface area contributed by atoms with Crippen LogP contribution >= 0.6 is 35.0 Å². The molecule has 0 saturated carbocycles. The molecule has 0 radical (unpaired) electrons. The van der Waals surface area contributed by atoms with Gasteiger partial charge in [0.2, 0.25) is 5.16 Å². The number of nitrogens with zero attached hydrogens (tertiary/aromatic N) is 4. The molecule has 0 unspecified atom stereocenters. The van der Waals surface area contributed by atoms with Gasteiger partial charge in [0, 0.05) is 16.9 Å². The molecule has 126 valence electrons. The molecule has 0 N–H and O–H groups in total. The molecule has 1 aromatic heterocycles. The van der Waals surface area contributed by atoms with Gasteiger partial charge in [-0.3, -0.25) is 0 Å². The second-order valence-electron chi connectivity index (χ2n) is 5.29. The van der Waals surface area contributed by atoms with E-state index in [-0.39, 0.29) is 0 Å². The Morgan fingerprint density at radius 2 is 1.96 bits per heavy atom. The van der Waals surface area contributed by atoms with Gasteiger partial charge in [-0.05, 0) is 24.3 Å². The second kappa shape index (κ2) is 6.71. The van der Waals surface area contributed by atoms with Crippen LogP contribution in [0.2, 0.25) is 10.0 Å². The molecule has 2 aromatic carbocycles. The summed E-state index contributed by atoms with van der Waals surface area (Å²) in [5.74, 6) is 2.06. The maximum absolute atomic E-state index is 6.34. The Bertz CT molecular complexity index is 987. The van der Waals surface area contributed by atoms with Gasteiger partial charge in [0.15, 0.2) is 5.82 Å². The normalized spacial score (nSPS) is 13.3. The number of benzene rings is 2. The van der Waals surface area contributed by atoms with E-state index in [0.717, 1.165) is 22.2 Å². The predicted molar refractivity (Wildman–Crippen MR) is 101 cm³/mol. The summed E-state index contributed by atoms with van der Waals surface area (Å²) < 4.78 is 7.01. The molecule has 0 bridgehead atoms. The Balaban J connectivity index is 1.82. The fraction of sp³-hybridized carbons (Fsp3) is 0.118. The van der Waals surface area contributed by atoms with Crippen LogP contribution in [0.3, 0.4) is 0 Å². The van der Waals surface area contributed by atoms with Gasteiger partial charge in [-0.1, -0.05) is 53.2 Å². The highest BCUT2D eigenvalue weighted by atomic mass is 35.5. The van der Waals surface area contributed by atoms with E-state index in [9.17, 15) is 0 Å². The molecule has 5 nitrogen and oxygen atoms in total. The zero-order valence-corrected chi connectivity index (χ0v) is 15.4. The van der Waals surface area contributed by atoms with Crippen LogP contribution in [0.15, 0.2) is 52.7 Å². The van der Waals surface area contributed by atoms with Crippen molar-refractivity contribution in [2.75, 3.05) is 12.9 Å². The van der Waals surface area contributed by atoms with Crippen LogP contribution in [0.5, 0.6) is 5.75 Å². The summed E-state index contributed by atoms with van der Waals surface area (Å²) in [6.07, 6.45) is 0. The van der Waals surface area contributed by atoms with Crippen molar-refractivity contribution in [1.29, 1.82) is 0 Å². The van der Waals surface area contributed by atoms with Crippen molar-refractivity contribution in [3.05, 3.63) is 58.1 Å². The van der Waals surface area contributed by atoms with E-state index in [2.05, 4.69) is 10.2 Å². The van der Waals surface area contributed by atoms with Crippen LogP contribution in [0, 0.1) is 0 Å². The van der Waals surface area contributed by atoms with Crippen molar-refractivity contribution in [3.8, 4) is 17.1 Å². The van der Waals surface area contributed by atoms with Gasteiger partial charge in [-0.25, -0.2) is 0 Å². The number of methoxy groups -OCH3 is 1. The summed E-state index contributed by atoms with van der Waals surface area (Å²) in [4.78, 5) is 0. The van der Waals surface area contributed by atoms with Crippen LogP contribution in [0.4, 0.5) is 0 Å². The van der Waals surface area contributed by atoms with Crippen molar-refractivity contribution in [1.82, 2.24) is 14.9 Å². The van der Waals surface area contributed by atoms with Gasteiger partial charge in [0.05, 0.1) is 22.9 Å². The quantitative estimate of drug-likeness (QED) is 0.654. The Labute approximate surface area is 158 Å². The van der Waals surface area contributed by atoms with E-state index < -0.39 is 0 Å². The molecular formula is C17H12Cl2N4OS. The smallest absolute Gasteiger partial charge is 0.212 e. The lowest BCUT2D eigenvalue weighted by atomic mass is 10.1. The lowest BCUT2D eigenvalue weighted by Crippen LogP contribution is -2.14. The molecule has 25 heavy (non-hydrogen) atoms. The minimum absolute atomic E-state index is 0.438. The molecule has 0 saturated heterocycles. The molecule has 0 spiro atoms. The van der Waals surface area contributed by atoms with Gasteiger partial charge in [-0.2, -0.15) is 9.78 Å². The fourth-order valence-corrected chi connectivity index (χ4v) is 3.74. The predicted octanol–water partition coefficient (Wildman–Crippen LogP) is 4.62. The third kappa shape index (κ3) is 3.01. The van der Waals surface area contributed by atoms with Crippen LogP contribution in [-0.4, -0.2) is 33.4 Å². The van der Waals surface area contributed by atoms with Crippen LogP contribution in [-0.2, 0) is 0 Å². The Kier molecular flexibility index (Phi) is 4.41. The molecule has 0 aliphatic carbocycles. The highest BCUT2D eigenvalue weighted by Gasteiger charge is 2.22. The molecular weight excluding hydrogens is 379 g/mol. The number of hydrogen-bond acceptors (Lipinski definition) is 5. The zero-order valence-electron chi connectivity index (χ0n) is 13.1. The van der Waals surface area contributed by atoms with Crippen molar-refractivity contribution in [2.45, 2.75) is 5.16 Å². The van der Waals surface area contributed by atoms with E-state index in [0.29, 0.717) is 27.2 Å². The first kappa shape index (κ1) is 16.4. The topological polar surface area (TPSA) is 52.3 Å². The second-order valence-corrected chi connectivity index (χ2v) is 7.01. The first-order chi connectivity index (χ1) is 12.2. The number of thioether (sulfide) groups is 1. The monoisotopic (exact) mass is 390 g/mol. The van der Waals surface area contributed by atoms with E-state index in [4.69, 9.17) is 33.0 Å². The van der Waals surface area contributed by atoms with Crippen molar-refractivity contribution >= 4 is 40.7 Å². The van der Waals surface area contributed by atoms with Gasteiger partial charge in [0.25, 0.3) is 0 Å². The molecule has 8 heteroatoms. The summed E-state index contributed by atoms with van der Waals surface area (Å²) >= 11 is 14.0. The summed E-state index contributed by atoms with van der Waals surface area (Å²) in [6, 6.07) is 13.2. The Morgan fingerprint density at radius 3 is 2.80 bits per heavy atom. The number of aromatic nitrogens is 3. The molecule has 2 heterocycles. The SMILES string of the molecule is COc1cccc(C2=Nn3c(nnc3-c3cccc(Cl)c3Cl)SC2)c1. The summed E-state index contributed by atoms with van der Waals surface area (Å²) in [5.41, 5.74) is 2.61. The van der Waals surface area contributed by atoms with Crippen LogP contribution in [0.1, 0.15) is 5.56 Å². The summed E-state index contributed by atoms with van der Waals surface area (Å²) in [6.45, 7) is 0. The fourth-order valence-electron chi connectivity index (χ4n) is 2.52. The largest absolute Gasteiger partial charge is 0.497 e. The number of rotatable bonds is 3. The lowest BCUT2D eigenvalue weighted by molar-refractivity contribution is 0.414. The molecule has 0 fully saturated rings. The average molecular weight is 391 g/mol. The Morgan fingerprint density at radius 1 is 1.12 bits per heavy atom. The Hall–Kier alpha value is -2.02. The number of hydrogen-bond donors (Lipinski definition) is 0. The highest BCUT2D eigenvalue weighted by Crippen LogP contribution is 2.35. The van der Waals surface area contributed by atoms with E-state index in [1.165, 1.54) is 0 Å². The average Bonchev–Trinajstić information content (AvgIpc) is 3.07. The van der Waals surface area contributed by atoms with Gasteiger partial charge < -0.3 is 4.74 Å². The molecule has 0 amide bonds. The first-order valence-electron chi connectivity index (χ1n) is 7.42. The molecule has 1 aliphatic rings. The van der Waals surface area contributed by atoms with E-state index >= 15 is 0 Å². The minimum Gasteiger partial charge on any atom is -0.497 e. The number of fused-ring (bicyclic) bond motifs is 1. The first-order valence-corrected chi connectivity index (χ1v) is 9.16. The van der Waals surface area contributed by atoms with Gasteiger partial charge in [-0.15, -0.1) is 10.2 Å². The van der Waals surface area contributed by atoms with E-state index in [1.54, 1.807) is 29.6 Å². The van der Waals surface area contributed by atoms with E-state index in [1.807, 2.05) is 36.4 Å². The maximum Gasteiger partial charge on any atom is 0.212 e. The third-order valence-electron chi connectivity index (χ3n) is 3.77. The molecule has 4 rings (SSSR count). The third-order valence-corrected chi connectivity index (χ3v) is 5.52. The highest BCUT2D eigenvalue weighted by molar-refractivity contribution is 7.99. The number of halogens is 2. The lowest BCUT2D eigenvalue weighted by Gasteiger charge is -2.15. The summed E-state index contributed by atoms with van der Waals surface area (Å²) in [7, 11) is 1.65. The minimum atomic E-state index is 0.438. The maximum atomic E-state index is 6.34. The number of ether oxygens (including phenoxy) is 1. The molecule has 3 aromatic rings.